The fraction of sp³-hybridized carbons (Fsp3) is 0.571. The molecule has 0 heterocycles. The molecule has 2 rings (SSSR count). The van der Waals surface area contributed by atoms with E-state index in [4.69, 9.17) is 10.5 Å². The van der Waals surface area contributed by atoms with Gasteiger partial charge in [-0.25, -0.2) is 4.39 Å². The fourth-order valence-electron chi connectivity index (χ4n) is 1.84. The van der Waals surface area contributed by atoms with Crippen LogP contribution in [-0.4, -0.2) is 31.7 Å². The first-order valence-electron chi connectivity index (χ1n) is 6.45. The number of nitrogen functional groups attached to an aromatic ring is 1. The molecule has 0 radical (unpaired) electrons. The molecule has 0 atom stereocenters. The van der Waals surface area contributed by atoms with Gasteiger partial charge >= 0.3 is 0 Å². The van der Waals surface area contributed by atoms with Crippen molar-refractivity contribution in [3.63, 3.8) is 0 Å². The molecule has 0 spiro atoms. The molecule has 0 aliphatic heterocycles. The molecule has 1 aromatic rings. The van der Waals surface area contributed by atoms with Crippen molar-refractivity contribution in [3.05, 3.63) is 29.6 Å². The highest BCUT2D eigenvalue weighted by molar-refractivity contribution is 5.46. The number of nitrogens with zero attached hydrogens (tertiary/aromatic N) is 1. The second kappa shape index (κ2) is 6.16. The Bertz CT molecular complexity index is 393. The number of ether oxygens (including phenoxy) is 1. The van der Waals surface area contributed by atoms with E-state index < -0.39 is 0 Å². The van der Waals surface area contributed by atoms with E-state index in [2.05, 4.69) is 4.90 Å². The zero-order valence-electron chi connectivity index (χ0n) is 10.9. The Labute approximate surface area is 108 Å². The third-order valence-electron chi connectivity index (χ3n) is 3.21. The third kappa shape index (κ3) is 4.27. The molecule has 1 aliphatic carbocycles. The lowest BCUT2D eigenvalue weighted by Crippen LogP contribution is -2.23. The molecule has 1 aromatic carbocycles. The van der Waals surface area contributed by atoms with E-state index in [1.165, 1.54) is 25.0 Å². The number of likely N-dealkylation sites (N-methyl/N-ethyl adjacent to an activating group) is 1. The first-order chi connectivity index (χ1) is 8.65. The lowest BCUT2D eigenvalue weighted by molar-refractivity contribution is 0.102. The molecule has 1 aliphatic rings. The molecular formula is C14H21FN2O. The van der Waals surface area contributed by atoms with Gasteiger partial charge in [0.2, 0.25) is 0 Å². The predicted octanol–water partition coefficient (Wildman–Crippen LogP) is 2.27. The minimum Gasteiger partial charge on any atom is -0.398 e. The summed E-state index contributed by atoms with van der Waals surface area (Å²) in [6.45, 7) is 3.09. The molecule has 2 N–H and O–H groups in total. The van der Waals surface area contributed by atoms with Crippen molar-refractivity contribution in [2.24, 2.45) is 5.92 Å². The number of nitrogens with two attached hydrogens (primary N) is 1. The van der Waals surface area contributed by atoms with Crippen LogP contribution < -0.4 is 5.73 Å². The fourth-order valence-corrected chi connectivity index (χ4v) is 1.84. The van der Waals surface area contributed by atoms with Crippen molar-refractivity contribution in [1.29, 1.82) is 0 Å². The molecule has 18 heavy (non-hydrogen) atoms. The molecule has 3 nitrogen and oxygen atoms in total. The van der Waals surface area contributed by atoms with Crippen LogP contribution in [0.4, 0.5) is 10.1 Å². The van der Waals surface area contributed by atoms with Crippen LogP contribution in [0.3, 0.4) is 0 Å². The van der Waals surface area contributed by atoms with Gasteiger partial charge in [0, 0.05) is 25.4 Å². The van der Waals surface area contributed by atoms with Gasteiger partial charge in [-0.2, -0.15) is 0 Å². The monoisotopic (exact) mass is 252 g/mol. The SMILES string of the molecule is CN(CCOCC1CC1)Cc1cc(F)ccc1N. The van der Waals surface area contributed by atoms with Crippen LogP contribution in [0.25, 0.3) is 0 Å². The normalized spacial score (nSPS) is 15.3. The lowest BCUT2D eigenvalue weighted by Gasteiger charge is -2.17. The Hall–Kier alpha value is -1.13. The zero-order chi connectivity index (χ0) is 13.0. The van der Waals surface area contributed by atoms with E-state index in [0.29, 0.717) is 12.2 Å². The van der Waals surface area contributed by atoms with Gasteiger partial charge in [-0.05, 0) is 49.6 Å². The van der Waals surface area contributed by atoms with Gasteiger partial charge in [0.1, 0.15) is 5.82 Å². The summed E-state index contributed by atoms with van der Waals surface area (Å²) in [4.78, 5) is 2.10. The average molecular weight is 252 g/mol. The Morgan fingerprint density at radius 3 is 2.94 bits per heavy atom. The summed E-state index contributed by atoms with van der Waals surface area (Å²) in [5.74, 6) is 0.562. The second-order valence-corrected chi connectivity index (χ2v) is 5.10. The van der Waals surface area contributed by atoms with E-state index in [-0.39, 0.29) is 5.82 Å². The van der Waals surface area contributed by atoms with Crippen LogP contribution in [0.5, 0.6) is 0 Å². The second-order valence-electron chi connectivity index (χ2n) is 5.10. The third-order valence-corrected chi connectivity index (χ3v) is 3.21. The minimum absolute atomic E-state index is 0.238. The lowest BCUT2D eigenvalue weighted by atomic mass is 10.1. The van der Waals surface area contributed by atoms with E-state index in [1.54, 1.807) is 6.07 Å². The van der Waals surface area contributed by atoms with Crippen molar-refractivity contribution in [2.45, 2.75) is 19.4 Å². The average Bonchev–Trinajstić information content (AvgIpc) is 3.13. The highest BCUT2D eigenvalue weighted by Gasteiger charge is 2.20. The molecule has 0 bridgehead atoms. The molecule has 1 fully saturated rings. The molecule has 0 saturated heterocycles. The quantitative estimate of drug-likeness (QED) is 0.597. The summed E-state index contributed by atoms with van der Waals surface area (Å²) < 4.78 is 18.7. The van der Waals surface area contributed by atoms with Gasteiger partial charge in [0.05, 0.1) is 6.61 Å². The predicted molar refractivity (Wildman–Crippen MR) is 70.7 cm³/mol. The first kappa shape index (κ1) is 13.3. The summed E-state index contributed by atoms with van der Waals surface area (Å²) in [6, 6.07) is 4.50. The van der Waals surface area contributed by atoms with E-state index in [9.17, 15) is 4.39 Å². The van der Waals surface area contributed by atoms with Gasteiger partial charge in [-0.3, -0.25) is 4.90 Å². The van der Waals surface area contributed by atoms with Crippen LogP contribution in [0.15, 0.2) is 18.2 Å². The summed E-state index contributed by atoms with van der Waals surface area (Å²) >= 11 is 0. The van der Waals surface area contributed by atoms with Gasteiger partial charge in [0.25, 0.3) is 0 Å². The van der Waals surface area contributed by atoms with Crippen molar-refractivity contribution in [1.82, 2.24) is 4.90 Å². The molecule has 4 heteroatoms. The van der Waals surface area contributed by atoms with Gasteiger partial charge in [-0.1, -0.05) is 0 Å². The van der Waals surface area contributed by atoms with E-state index >= 15 is 0 Å². The van der Waals surface area contributed by atoms with E-state index in [1.807, 2.05) is 7.05 Å². The molecule has 0 amide bonds. The summed E-state index contributed by atoms with van der Waals surface area (Å²) in [5, 5.41) is 0. The zero-order valence-corrected chi connectivity index (χ0v) is 10.9. The van der Waals surface area contributed by atoms with Gasteiger partial charge < -0.3 is 10.5 Å². The molecule has 1 saturated carbocycles. The van der Waals surface area contributed by atoms with Crippen molar-refractivity contribution < 1.29 is 9.13 Å². The van der Waals surface area contributed by atoms with Gasteiger partial charge in [0.15, 0.2) is 0 Å². The van der Waals surface area contributed by atoms with Crippen LogP contribution in [0.1, 0.15) is 18.4 Å². The molecular weight excluding hydrogens is 231 g/mol. The molecule has 100 valence electrons. The number of benzene rings is 1. The Balaban J connectivity index is 1.71. The van der Waals surface area contributed by atoms with Crippen LogP contribution >= 0.6 is 0 Å². The largest absolute Gasteiger partial charge is 0.398 e. The van der Waals surface area contributed by atoms with Crippen LogP contribution in [0, 0.1) is 11.7 Å². The summed E-state index contributed by atoms with van der Waals surface area (Å²) in [7, 11) is 1.99. The van der Waals surface area contributed by atoms with Crippen molar-refractivity contribution in [2.75, 3.05) is 32.5 Å². The number of hydrogen-bond acceptors (Lipinski definition) is 3. The highest BCUT2D eigenvalue weighted by Crippen LogP contribution is 2.28. The Morgan fingerprint density at radius 1 is 1.44 bits per heavy atom. The Kier molecular flexibility index (Phi) is 4.55. The molecule has 0 unspecified atom stereocenters. The number of anilines is 1. The summed E-state index contributed by atoms with van der Waals surface area (Å²) in [5.41, 5.74) is 7.29. The number of rotatable bonds is 7. The highest BCUT2D eigenvalue weighted by atomic mass is 19.1. The maximum absolute atomic E-state index is 13.1. The van der Waals surface area contributed by atoms with Crippen molar-refractivity contribution in [3.8, 4) is 0 Å². The smallest absolute Gasteiger partial charge is 0.123 e. The Morgan fingerprint density at radius 2 is 2.22 bits per heavy atom. The summed E-state index contributed by atoms with van der Waals surface area (Å²) in [6.07, 6.45) is 2.63. The van der Waals surface area contributed by atoms with Crippen LogP contribution in [0.2, 0.25) is 0 Å². The first-order valence-corrected chi connectivity index (χ1v) is 6.45. The van der Waals surface area contributed by atoms with Crippen LogP contribution in [-0.2, 0) is 11.3 Å². The van der Waals surface area contributed by atoms with Gasteiger partial charge in [-0.15, -0.1) is 0 Å². The minimum atomic E-state index is -0.238. The maximum Gasteiger partial charge on any atom is 0.123 e. The number of hydrogen-bond donors (Lipinski definition) is 1. The topological polar surface area (TPSA) is 38.5 Å². The number of halogens is 1. The standard InChI is InChI=1S/C14H21FN2O/c1-17(6-7-18-10-11-2-3-11)9-12-8-13(15)4-5-14(12)16/h4-5,8,11H,2-3,6-7,9-10,16H2,1H3. The maximum atomic E-state index is 13.1. The molecule has 0 aromatic heterocycles. The van der Waals surface area contributed by atoms with E-state index in [0.717, 1.165) is 31.2 Å². The van der Waals surface area contributed by atoms with Crippen molar-refractivity contribution >= 4 is 5.69 Å².